The van der Waals surface area contributed by atoms with Crippen molar-refractivity contribution in [1.29, 1.82) is 5.26 Å². The van der Waals surface area contributed by atoms with Crippen molar-refractivity contribution >= 4 is 22.8 Å². The molecule has 1 N–H and O–H groups in total. The van der Waals surface area contributed by atoms with Crippen molar-refractivity contribution in [2.45, 2.75) is 31.9 Å². The van der Waals surface area contributed by atoms with Crippen LogP contribution in [-0.2, 0) is 4.79 Å². The molecule has 0 aliphatic heterocycles. The van der Waals surface area contributed by atoms with E-state index in [0.29, 0.717) is 34.9 Å². The molecule has 0 bridgehead atoms. The number of benzene rings is 1. The van der Waals surface area contributed by atoms with E-state index in [0.717, 1.165) is 0 Å². The van der Waals surface area contributed by atoms with Crippen molar-refractivity contribution in [1.82, 2.24) is 25.1 Å². The number of carbonyl (C=O) groups excluding carboxylic acids is 1. The molecule has 2 atom stereocenters. The largest absolute Gasteiger partial charge is 0.347 e. The standard InChI is InChI=1S/C20H21F2N7O/c1-12(27-18(30)20(2,21)22)17(15-9-24-19(25-10-15)28(3)4)29-16-6-5-13(8-23)7-14(16)11-26-29/h5-7,9-12,17H,1-4H3,(H,27,30)/t12-,17?/m1/s1. The fraction of sp³-hybridized carbons (Fsp3) is 0.350. The highest BCUT2D eigenvalue weighted by Crippen LogP contribution is 2.27. The molecular formula is C20H21F2N7O. The number of nitrogens with one attached hydrogen (secondary N) is 1. The molecule has 3 rings (SSSR count). The number of carbonyl (C=O) groups is 1. The molecule has 2 aromatic heterocycles. The molecule has 3 aromatic rings. The van der Waals surface area contributed by atoms with Crippen LogP contribution >= 0.6 is 0 Å². The number of amides is 1. The Kier molecular flexibility index (Phi) is 5.64. The number of rotatable bonds is 6. The predicted molar refractivity (Wildman–Crippen MR) is 107 cm³/mol. The van der Waals surface area contributed by atoms with Gasteiger partial charge in [-0.1, -0.05) is 0 Å². The third kappa shape index (κ3) is 4.20. The van der Waals surface area contributed by atoms with Crippen molar-refractivity contribution in [2.75, 3.05) is 19.0 Å². The summed E-state index contributed by atoms with van der Waals surface area (Å²) in [6.45, 7) is 2.16. The van der Waals surface area contributed by atoms with Crippen LogP contribution in [0.4, 0.5) is 14.7 Å². The summed E-state index contributed by atoms with van der Waals surface area (Å²) in [6.07, 6.45) is 4.75. The quantitative estimate of drug-likeness (QED) is 0.667. The van der Waals surface area contributed by atoms with E-state index < -0.39 is 23.9 Å². The first kappa shape index (κ1) is 21.1. The molecule has 8 nitrogen and oxygen atoms in total. The van der Waals surface area contributed by atoms with Gasteiger partial charge in [0.15, 0.2) is 0 Å². The lowest BCUT2D eigenvalue weighted by molar-refractivity contribution is -0.143. The zero-order valence-corrected chi connectivity index (χ0v) is 17.0. The third-order valence-corrected chi connectivity index (χ3v) is 4.62. The van der Waals surface area contributed by atoms with Gasteiger partial charge in [-0.25, -0.2) is 9.97 Å². The second-order valence-corrected chi connectivity index (χ2v) is 7.28. The van der Waals surface area contributed by atoms with Gasteiger partial charge >= 0.3 is 5.92 Å². The maximum absolute atomic E-state index is 13.5. The van der Waals surface area contributed by atoms with Gasteiger partial charge in [-0.3, -0.25) is 9.48 Å². The van der Waals surface area contributed by atoms with E-state index in [2.05, 4.69) is 26.5 Å². The van der Waals surface area contributed by atoms with E-state index in [9.17, 15) is 13.6 Å². The number of hydrogen-bond acceptors (Lipinski definition) is 6. The maximum Gasteiger partial charge on any atom is 0.321 e. The number of nitrogens with zero attached hydrogens (tertiary/aromatic N) is 6. The van der Waals surface area contributed by atoms with E-state index in [4.69, 9.17) is 5.26 Å². The number of anilines is 1. The lowest BCUT2D eigenvalue weighted by Crippen LogP contribution is -2.46. The molecule has 1 aromatic carbocycles. The van der Waals surface area contributed by atoms with Gasteiger partial charge in [0, 0.05) is 44.4 Å². The number of aromatic nitrogens is 4. The minimum atomic E-state index is -3.52. The molecule has 0 saturated heterocycles. The minimum Gasteiger partial charge on any atom is -0.347 e. The van der Waals surface area contributed by atoms with Gasteiger partial charge in [0.2, 0.25) is 5.95 Å². The van der Waals surface area contributed by atoms with Gasteiger partial charge in [-0.05, 0) is 25.1 Å². The monoisotopic (exact) mass is 413 g/mol. The van der Waals surface area contributed by atoms with Crippen molar-refractivity contribution in [3.05, 3.63) is 47.9 Å². The van der Waals surface area contributed by atoms with Gasteiger partial charge in [-0.2, -0.15) is 19.1 Å². The predicted octanol–water partition coefficient (Wildman–Crippen LogP) is 2.51. The molecule has 0 spiro atoms. The Hall–Kier alpha value is -3.61. The number of hydrogen-bond donors (Lipinski definition) is 1. The van der Waals surface area contributed by atoms with E-state index in [1.54, 1.807) is 67.4 Å². The minimum absolute atomic E-state index is 0.476. The van der Waals surface area contributed by atoms with Gasteiger partial charge in [0.05, 0.1) is 29.4 Å². The van der Waals surface area contributed by atoms with Crippen LogP contribution in [0, 0.1) is 11.3 Å². The van der Waals surface area contributed by atoms with Crippen LogP contribution in [0.3, 0.4) is 0 Å². The smallest absolute Gasteiger partial charge is 0.321 e. The molecule has 0 saturated carbocycles. The Balaban J connectivity index is 2.08. The number of fused-ring (bicyclic) bond motifs is 1. The number of nitriles is 1. The van der Waals surface area contributed by atoms with Crippen molar-refractivity contribution in [3.8, 4) is 6.07 Å². The first-order valence-corrected chi connectivity index (χ1v) is 9.17. The Morgan fingerprint density at radius 1 is 1.27 bits per heavy atom. The summed E-state index contributed by atoms with van der Waals surface area (Å²) in [4.78, 5) is 22.2. The highest BCUT2D eigenvalue weighted by Gasteiger charge is 2.35. The first-order valence-electron chi connectivity index (χ1n) is 9.17. The summed E-state index contributed by atoms with van der Waals surface area (Å²) in [5, 5.41) is 16.6. The molecule has 1 amide bonds. The lowest BCUT2D eigenvalue weighted by Gasteiger charge is -2.27. The SMILES string of the molecule is C[C@@H](NC(=O)C(C)(F)F)C(c1cnc(N(C)C)nc1)n1ncc2cc(C#N)ccc21. The average Bonchev–Trinajstić information content (AvgIpc) is 3.10. The summed E-state index contributed by atoms with van der Waals surface area (Å²) in [5.74, 6) is -4.41. The lowest BCUT2D eigenvalue weighted by atomic mass is 10.0. The maximum atomic E-state index is 13.5. The van der Waals surface area contributed by atoms with Gasteiger partial charge in [-0.15, -0.1) is 0 Å². The molecular weight excluding hydrogens is 392 g/mol. The fourth-order valence-electron chi connectivity index (χ4n) is 3.11. The van der Waals surface area contributed by atoms with Crippen LogP contribution < -0.4 is 10.2 Å². The molecule has 0 radical (unpaired) electrons. The normalized spacial score (nSPS) is 13.5. The summed E-state index contributed by atoms with van der Waals surface area (Å²) >= 11 is 0. The summed E-state index contributed by atoms with van der Waals surface area (Å²) in [6, 6.07) is 5.72. The summed E-state index contributed by atoms with van der Waals surface area (Å²) < 4.78 is 28.5. The second-order valence-electron chi connectivity index (χ2n) is 7.28. The Morgan fingerprint density at radius 2 is 1.93 bits per heavy atom. The van der Waals surface area contributed by atoms with Crippen molar-refractivity contribution in [3.63, 3.8) is 0 Å². The fourth-order valence-corrected chi connectivity index (χ4v) is 3.11. The van der Waals surface area contributed by atoms with Crippen LogP contribution in [-0.4, -0.2) is 51.7 Å². The zero-order valence-electron chi connectivity index (χ0n) is 17.0. The first-order chi connectivity index (χ1) is 14.1. The van der Waals surface area contributed by atoms with E-state index in [-0.39, 0.29) is 0 Å². The Bertz CT molecular complexity index is 1100. The second kappa shape index (κ2) is 8.02. The summed E-state index contributed by atoms with van der Waals surface area (Å²) in [7, 11) is 3.60. The van der Waals surface area contributed by atoms with Gasteiger partial charge in [0.25, 0.3) is 5.91 Å². The van der Waals surface area contributed by atoms with Crippen LogP contribution in [0.25, 0.3) is 10.9 Å². The van der Waals surface area contributed by atoms with E-state index in [1.807, 2.05) is 0 Å². The van der Waals surface area contributed by atoms with Crippen molar-refractivity contribution in [2.24, 2.45) is 0 Å². The molecule has 10 heteroatoms. The molecule has 156 valence electrons. The molecule has 0 aliphatic rings. The van der Waals surface area contributed by atoms with Gasteiger partial charge < -0.3 is 10.2 Å². The molecule has 30 heavy (non-hydrogen) atoms. The molecule has 1 unspecified atom stereocenters. The zero-order chi connectivity index (χ0) is 22.1. The summed E-state index contributed by atoms with van der Waals surface area (Å²) in [5.41, 5.74) is 1.74. The van der Waals surface area contributed by atoms with Gasteiger partial charge in [0.1, 0.15) is 6.04 Å². The van der Waals surface area contributed by atoms with Crippen LogP contribution in [0.2, 0.25) is 0 Å². The average molecular weight is 413 g/mol. The Labute approximate surface area is 172 Å². The third-order valence-electron chi connectivity index (χ3n) is 4.62. The van der Waals surface area contributed by atoms with E-state index in [1.165, 1.54) is 0 Å². The highest BCUT2D eigenvalue weighted by atomic mass is 19.3. The topological polar surface area (TPSA) is 99.7 Å². The molecule has 0 fully saturated rings. The van der Waals surface area contributed by atoms with E-state index >= 15 is 0 Å². The number of alkyl halides is 2. The van der Waals surface area contributed by atoms with Crippen LogP contribution in [0.5, 0.6) is 0 Å². The van der Waals surface area contributed by atoms with Crippen molar-refractivity contribution < 1.29 is 13.6 Å². The van der Waals surface area contributed by atoms with Crippen LogP contribution in [0.15, 0.2) is 36.8 Å². The number of halogens is 2. The molecule has 0 aliphatic carbocycles. The van der Waals surface area contributed by atoms with Crippen LogP contribution in [0.1, 0.15) is 31.0 Å². The highest BCUT2D eigenvalue weighted by molar-refractivity contribution is 5.83. The molecule has 2 heterocycles. The Morgan fingerprint density at radius 3 is 2.50 bits per heavy atom.